The van der Waals surface area contributed by atoms with Gasteiger partial charge in [-0.2, -0.15) is 0 Å². The van der Waals surface area contributed by atoms with Crippen molar-refractivity contribution in [1.82, 2.24) is 0 Å². The molecule has 3 saturated carbocycles. The molecule has 6 nitrogen and oxygen atoms in total. The second-order valence-electron chi connectivity index (χ2n) is 9.81. The van der Waals surface area contributed by atoms with Crippen molar-refractivity contribution in [2.45, 2.75) is 64.6 Å². The zero-order chi connectivity index (χ0) is 21.2. The molecule has 0 radical (unpaired) electrons. The lowest BCUT2D eigenvalue weighted by atomic mass is 9.46. The number of aliphatic hydroxyl groups is 2. The standard InChI is InChI=1S/C23H30O6/c1-13(24)29-12-19(27)23(28)9-7-17-16-5-4-14-10-15(25)6-8-21(14,2)20(16)18(26)11-22(17,23)3/h6,8,10,16-18,20,26,28H,4-5,7,9,11-12H2,1-3H3/t16?,17?,18-,20?,21?,22-,23-/m0/s1. The highest BCUT2D eigenvalue weighted by atomic mass is 16.5. The van der Waals surface area contributed by atoms with Gasteiger partial charge in [-0.25, -0.2) is 0 Å². The SMILES string of the molecule is CC(=O)OCC(=O)[C@@]1(O)CCC2C3CCC4=CC(=O)C=CC4(C)C3[C@@H](O)C[C@@]21C. The average molecular weight is 402 g/mol. The van der Waals surface area contributed by atoms with Gasteiger partial charge in [0.1, 0.15) is 5.60 Å². The third-order valence-electron chi connectivity index (χ3n) is 8.52. The molecule has 0 saturated heterocycles. The molecule has 29 heavy (non-hydrogen) atoms. The zero-order valence-corrected chi connectivity index (χ0v) is 17.3. The monoisotopic (exact) mass is 402 g/mol. The van der Waals surface area contributed by atoms with Crippen LogP contribution in [0, 0.1) is 28.6 Å². The summed E-state index contributed by atoms with van der Waals surface area (Å²) in [4.78, 5) is 35.9. The Morgan fingerprint density at radius 3 is 2.69 bits per heavy atom. The Hall–Kier alpha value is -1.79. The molecular formula is C23H30O6. The lowest BCUT2D eigenvalue weighted by Crippen LogP contribution is -2.61. The van der Waals surface area contributed by atoms with Crippen LogP contribution in [0.4, 0.5) is 0 Å². The Labute approximate surface area is 171 Å². The number of ketones is 2. The van der Waals surface area contributed by atoms with E-state index >= 15 is 0 Å². The number of aliphatic hydroxyl groups excluding tert-OH is 1. The van der Waals surface area contributed by atoms with Crippen molar-refractivity contribution in [2.24, 2.45) is 28.6 Å². The molecule has 6 heteroatoms. The fourth-order valence-electron chi connectivity index (χ4n) is 7.08. The molecule has 0 aromatic heterocycles. The molecule has 0 aromatic rings. The number of fused-ring (bicyclic) bond motifs is 5. The summed E-state index contributed by atoms with van der Waals surface area (Å²) in [6, 6.07) is 0. The Kier molecular flexibility index (Phi) is 4.67. The summed E-state index contributed by atoms with van der Waals surface area (Å²) < 4.78 is 4.88. The van der Waals surface area contributed by atoms with Crippen LogP contribution < -0.4 is 0 Å². The molecule has 7 atom stereocenters. The van der Waals surface area contributed by atoms with Crippen LogP contribution in [0.25, 0.3) is 0 Å². The number of esters is 1. The van der Waals surface area contributed by atoms with Crippen molar-refractivity contribution in [1.29, 1.82) is 0 Å². The van der Waals surface area contributed by atoms with Crippen LogP contribution >= 0.6 is 0 Å². The fraction of sp³-hybridized carbons (Fsp3) is 0.696. The van der Waals surface area contributed by atoms with Gasteiger partial charge in [0.25, 0.3) is 0 Å². The first-order chi connectivity index (χ1) is 13.5. The number of rotatable bonds is 3. The van der Waals surface area contributed by atoms with E-state index in [1.54, 1.807) is 12.2 Å². The second kappa shape index (κ2) is 6.61. The van der Waals surface area contributed by atoms with Gasteiger partial charge in [0, 0.05) is 23.7 Å². The van der Waals surface area contributed by atoms with Crippen LogP contribution in [-0.4, -0.2) is 46.1 Å². The minimum atomic E-state index is -1.60. The Bertz CT molecular complexity index is 827. The molecule has 0 bridgehead atoms. The van der Waals surface area contributed by atoms with Gasteiger partial charge in [0.15, 0.2) is 12.4 Å². The van der Waals surface area contributed by atoms with Gasteiger partial charge >= 0.3 is 5.97 Å². The lowest BCUT2D eigenvalue weighted by Gasteiger charge is -2.59. The molecule has 0 heterocycles. The number of Topliss-reactive ketones (excluding diaryl/α,β-unsaturated/α-hetero) is 1. The van der Waals surface area contributed by atoms with Crippen LogP contribution in [-0.2, 0) is 19.1 Å². The van der Waals surface area contributed by atoms with Crippen molar-refractivity contribution in [3.63, 3.8) is 0 Å². The quantitative estimate of drug-likeness (QED) is 0.702. The van der Waals surface area contributed by atoms with Gasteiger partial charge in [0.05, 0.1) is 6.10 Å². The van der Waals surface area contributed by atoms with Crippen molar-refractivity contribution in [3.8, 4) is 0 Å². The summed E-state index contributed by atoms with van der Waals surface area (Å²) in [5.41, 5.74) is -1.67. The van der Waals surface area contributed by atoms with E-state index in [1.807, 2.05) is 13.0 Å². The largest absolute Gasteiger partial charge is 0.458 e. The van der Waals surface area contributed by atoms with Gasteiger partial charge in [0.2, 0.25) is 5.78 Å². The van der Waals surface area contributed by atoms with E-state index in [1.165, 1.54) is 6.92 Å². The Morgan fingerprint density at radius 2 is 2.00 bits per heavy atom. The molecule has 4 aliphatic carbocycles. The van der Waals surface area contributed by atoms with E-state index in [9.17, 15) is 24.6 Å². The first kappa shape index (κ1) is 20.5. The number of hydrogen-bond donors (Lipinski definition) is 2. The van der Waals surface area contributed by atoms with E-state index < -0.39 is 35.5 Å². The first-order valence-electron chi connectivity index (χ1n) is 10.5. The van der Waals surface area contributed by atoms with Crippen LogP contribution in [0.2, 0.25) is 0 Å². The van der Waals surface area contributed by atoms with Gasteiger partial charge in [-0.05, 0) is 56.1 Å². The highest BCUT2D eigenvalue weighted by Gasteiger charge is 2.68. The van der Waals surface area contributed by atoms with Crippen molar-refractivity contribution >= 4 is 17.5 Å². The topological polar surface area (TPSA) is 101 Å². The van der Waals surface area contributed by atoms with Crippen molar-refractivity contribution < 1.29 is 29.3 Å². The smallest absolute Gasteiger partial charge is 0.303 e. The predicted molar refractivity (Wildman–Crippen MR) is 105 cm³/mol. The summed E-state index contributed by atoms with van der Waals surface area (Å²) in [5, 5.41) is 22.7. The van der Waals surface area contributed by atoms with Gasteiger partial charge in [-0.1, -0.05) is 25.5 Å². The summed E-state index contributed by atoms with van der Waals surface area (Å²) >= 11 is 0. The molecular weight excluding hydrogens is 372 g/mol. The molecule has 0 aliphatic heterocycles. The average Bonchev–Trinajstić information content (AvgIpc) is 2.91. The maximum Gasteiger partial charge on any atom is 0.303 e. The second-order valence-corrected chi connectivity index (χ2v) is 9.81. The Morgan fingerprint density at radius 1 is 1.28 bits per heavy atom. The highest BCUT2D eigenvalue weighted by molar-refractivity contribution is 6.01. The predicted octanol–water partition coefficient (Wildman–Crippen LogP) is 2.13. The zero-order valence-electron chi connectivity index (χ0n) is 17.3. The number of ether oxygens (including phenoxy) is 1. The number of carbonyl (C=O) groups excluding carboxylic acids is 3. The molecule has 4 aliphatic rings. The summed E-state index contributed by atoms with van der Waals surface area (Å²) in [6.45, 7) is 4.80. The number of carbonyl (C=O) groups is 3. The third-order valence-corrected chi connectivity index (χ3v) is 8.52. The van der Waals surface area contributed by atoms with E-state index in [0.29, 0.717) is 19.3 Å². The molecule has 0 aromatic carbocycles. The van der Waals surface area contributed by atoms with E-state index in [4.69, 9.17) is 4.74 Å². The summed E-state index contributed by atoms with van der Waals surface area (Å²) in [5.74, 6) is -0.836. The Balaban J connectivity index is 1.66. The van der Waals surface area contributed by atoms with Gasteiger partial charge in [-0.3, -0.25) is 14.4 Å². The molecule has 158 valence electrons. The third kappa shape index (κ3) is 2.79. The van der Waals surface area contributed by atoms with Crippen LogP contribution in [0.5, 0.6) is 0 Å². The minimum absolute atomic E-state index is 0.00243. The van der Waals surface area contributed by atoms with E-state index in [0.717, 1.165) is 18.4 Å². The maximum absolute atomic E-state index is 12.9. The van der Waals surface area contributed by atoms with E-state index in [2.05, 4.69) is 6.92 Å². The number of hydrogen-bond acceptors (Lipinski definition) is 6. The molecule has 0 spiro atoms. The van der Waals surface area contributed by atoms with Gasteiger partial charge < -0.3 is 14.9 Å². The van der Waals surface area contributed by atoms with Crippen LogP contribution in [0.1, 0.15) is 52.9 Å². The first-order valence-corrected chi connectivity index (χ1v) is 10.5. The van der Waals surface area contributed by atoms with Crippen LogP contribution in [0.3, 0.4) is 0 Å². The van der Waals surface area contributed by atoms with Crippen molar-refractivity contribution in [2.75, 3.05) is 6.61 Å². The van der Waals surface area contributed by atoms with Crippen LogP contribution in [0.15, 0.2) is 23.8 Å². The van der Waals surface area contributed by atoms with Gasteiger partial charge in [-0.15, -0.1) is 0 Å². The maximum atomic E-state index is 12.9. The normalized spacial score (nSPS) is 45.7. The minimum Gasteiger partial charge on any atom is -0.458 e. The number of allylic oxidation sites excluding steroid dienone is 4. The lowest BCUT2D eigenvalue weighted by molar-refractivity contribution is -0.181. The highest BCUT2D eigenvalue weighted by Crippen LogP contribution is 2.67. The molecule has 4 rings (SSSR count). The summed E-state index contributed by atoms with van der Waals surface area (Å²) in [7, 11) is 0. The molecule has 3 fully saturated rings. The van der Waals surface area contributed by atoms with E-state index in [-0.39, 0.29) is 29.0 Å². The summed E-state index contributed by atoms with van der Waals surface area (Å²) in [6.07, 6.45) is 7.50. The molecule has 0 amide bonds. The fourth-order valence-corrected chi connectivity index (χ4v) is 7.08. The molecule has 2 N–H and O–H groups in total. The van der Waals surface area contributed by atoms with Crippen molar-refractivity contribution in [3.05, 3.63) is 23.8 Å². The molecule has 4 unspecified atom stereocenters.